The number of para-hydroxylation sites is 1. The summed E-state index contributed by atoms with van der Waals surface area (Å²) in [5.41, 5.74) is 1.92. The molecule has 1 aromatic heterocycles. The monoisotopic (exact) mass is 399 g/mol. The zero-order chi connectivity index (χ0) is 17.8. The van der Waals surface area contributed by atoms with E-state index in [1.54, 1.807) is 48.7 Å². The molecule has 6 nitrogen and oxygen atoms in total. The summed E-state index contributed by atoms with van der Waals surface area (Å²) in [5.74, 6) is -1.04. The van der Waals surface area contributed by atoms with Gasteiger partial charge in [0.1, 0.15) is 5.52 Å². The zero-order valence-corrected chi connectivity index (χ0v) is 14.9. The van der Waals surface area contributed by atoms with Crippen molar-refractivity contribution >= 4 is 44.5 Å². The fourth-order valence-corrected chi connectivity index (χ4v) is 2.48. The number of halogens is 1. The largest absolute Gasteiger partial charge is 0.449 e. The van der Waals surface area contributed by atoms with Crippen LogP contribution in [0.25, 0.3) is 11.0 Å². The Kier molecular flexibility index (Phi) is 5.04. The average molecular weight is 400 g/mol. The number of aromatic nitrogens is 2. The molecule has 1 N–H and O–H groups in total. The van der Waals surface area contributed by atoms with E-state index in [1.807, 2.05) is 0 Å². The van der Waals surface area contributed by atoms with Crippen LogP contribution in [0.4, 0.5) is 5.69 Å². The maximum Gasteiger partial charge on any atom is 0.341 e. The van der Waals surface area contributed by atoms with Crippen LogP contribution in [0.2, 0.25) is 0 Å². The minimum Gasteiger partial charge on any atom is -0.449 e. The summed E-state index contributed by atoms with van der Waals surface area (Å²) in [4.78, 5) is 32.9. The molecule has 0 radical (unpaired) electrons. The fraction of sp³-hybridized carbons (Fsp3) is 0.111. The maximum atomic E-state index is 12.4. The van der Waals surface area contributed by atoms with Gasteiger partial charge in [-0.05, 0) is 43.3 Å². The van der Waals surface area contributed by atoms with Gasteiger partial charge in [0.05, 0.1) is 11.1 Å². The molecule has 1 amide bonds. The van der Waals surface area contributed by atoms with Gasteiger partial charge in [-0.2, -0.15) is 0 Å². The molecule has 1 unspecified atom stereocenters. The van der Waals surface area contributed by atoms with Crippen molar-refractivity contribution in [3.8, 4) is 0 Å². The molecular formula is C18H14BrN3O3. The molecule has 2 aromatic carbocycles. The number of rotatable bonds is 4. The summed E-state index contributed by atoms with van der Waals surface area (Å²) in [6.07, 6.45) is 2.09. The number of nitrogens with one attached hydrogen (secondary N) is 1. The topological polar surface area (TPSA) is 81.2 Å². The Bertz CT molecular complexity index is 923. The molecule has 0 spiro atoms. The number of carbonyl (C=O) groups excluding carboxylic acids is 2. The molecule has 1 heterocycles. The molecule has 126 valence electrons. The van der Waals surface area contributed by atoms with E-state index < -0.39 is 18.0 Å². The molecule has 1 atom stereocenters. The number of anilines is 1. The Morgan fingerprint density at radius 3 is 2.56 bits per heavy atom. The molecule has 7 heteroatoms. The predicted molar refractivity (Wildman–Crippen MR) is 97.2 cm³/mol. The second-order valence-electron chi connectivity index (χ2n) is 5.27. The second-order valence-corrected chi connectivity index (χ2v) is 6.19. The Balaban J connectivity index is 1.71. The number of hydrogen-bond donors (Lipinski definition) is 1. The van der Waals surface area contributed by atoms with Crippen LogP contribution in [-0.4, -0.2) is 27.9 Å². The highest BCUT2D eigenvalue weighted by atomic mass is 79.9. The first-order valence-corrected chi connectivity index (χ1v) is 8.31. The van der Waals surface area contributed by atoms with Crippen LogP contribution in [-0.2, 0) is 9.53 Å². The molecule has 0 aliphatic rings. The van der Waals surface area contributed by atoms with E-state index in [-0.39, 0.29) is 5.56 Å². The van der Waals surface area contributed by atoms with E-state index in [2.05, 4.69) is 31.2 Å². The lowest BCUT2D eigenvalue weighted by molar-refractivity contribution is -0.123. The maximum absolute atomic E-state index is 12.4. The van der Waals surface area contributed by atoms with Crippen molar-refractivity contribution < 1.29 is 14.3 Å². The minimum atomic E-state index is -0.955. The number of fused-ring (bicyclic) bond motifs is 1. The third-order valence-corrected chi connectivity index (χ3v) is 4.01. The Morgan fingerprint density at radius 2 is 1.80 bits per heavy atom. The van der Waals surface area contributed by atoms with E-state index in [9.17, 15) is 9.59 Å². The van der Waals surface area contributed by atoms with Gasteiger partial charge < -0.3 is 10.1 Å². The van der Waals surface area contributed by atoms with E-state index >= 15 is 0 Å². The normalized spacial score (nSPS) is 11.8. The summed E-state index contributed by atoms with van der Waals surface area (Å²) in [5, 5.41) is 2.70. The highest BCUT2D eigenvalue weighted by Gasteiger charge is 2.21. The number of amides is 1. The van der Waals surface area contributed by atoms with Gasteiger partial charge in [0.15, 0.2) is 6.10 Å². The van der Waals surface area contributed by atoms with Gasteiger partial charge in [-0.3, -0.25) is 14.8 Å². The average Bonchev–Trinajstić information content (AvgIpc) is 2.63. The number of hydrogen-bond acceptors (Lipinski definition) is 5. The quantitative estimate of drug-likeness (QED) is 0.678. The van der Waals surface area contributed by atoms with Crippen molar-refractivity contribution in [2.75, 3.05) is 5.32 Å². The molecule has 0 aliphatic heterocycles. The third-order valence-electron chi connectivity index (χ3n) is 3.48. The summed E-state index contributed by atoms with van der Waals surface area (Å²) in [6, 6.07) is 12.2. The molecule has 0 fully saturated rings. The molecule has 25 heavy (non-hydrogen) atoms. The summed E-state index contributed by atoms with van der Waals surface area (Å²) in [6.45, 7) is 1.52. The van der Waals surface area contributed by atoms with Crippen molar-refractivity contribution in [3.05, 3.63) is 64.9 Å². The fourth-order valence-electron chi connectivity index (χ4n) is 2.21. The van der Waals surface area contributed by atoms with Gasteiger partial charge in [-0.25, -0.2) is 4.79 Å². The number of carbonyl (C=O) groups is 2. The van der Waals surface area contributed by atoms with Gasteiger partial charge in [-0.1, -0.05) is 22.0 Å². The van der Waals surface area contributed by atoms with Gasteiger partial charge in [0, 0.05) is 22.6 Å². The summed E-state index contributed by atoms with van der Waals surface area (Å²) < 4.78 is 6.18. The Morgan fingerprint density at radius 1 is 1.08 bits per heavy atom. The smallest absolute Gasteiger partial charge is 0.341 e. The molecular weight excluding hydrogens is 386 g/mol. The minimum absolute atomic E-state index is 0.272. The second kappa shape index (κ2) is 7.40. The lowest BCUT2D eigenvalue weighted by Crippen LogP contribution is -2.30. The zero-order valence-electron chi connectivity index (χ0n) is 13.3. The van der Waals surface area contributed by atoms with Crippen LogP contribution in [0, 0.1) is 0 Å². The predicted octanol–water partition coefficient (Wildman–Crippen LogP) is 3.58. The molecule has 3 aromatic rings. The van der Waals surface area contributed by atoms with Crippen molar-refractivity contribution in [3.63, 3.8) is 0 Å². The third kappa shape index (κ3) is 4.00. The first-order chi connectivity index (χ1) is 12.0. The number of benzene rings is 2. The van der Waals surface area contributed by atoms with Gasteiger partial charge in [0.25, 0.3) is 5.91 Å². The van der Waals surface area contributed by atoms with Gasteiger partial charge in [0.2, 0.25) is 0 Å². The van der Waals surface area contributed by atoms with Gasteiger partial charge >= 0.3 is 5.97 Å². The lowest BCUT2D eigenvalue weighted by atomic mass is 10.2. The molecule has 3 rings (SSSR count). The van der Waals surface area contributed by atoms with Crippen molar-refractivity contribution in [1.82, 2.24) is 9.97 Å². The Hall–Kier alpha value is -2.80. The number of ether oxygens (including phenoxy) is 1. The molecule has 0 aliphatic carbocycles. The first kappa shape index (κ1) is 17.0. The van der Waals surface area contributed by atoms with Crippen molar-refractivity contribution in [1.29, 1.82) is 0 Å². The molecule has 0 bridgehead atoms. The van der Waals surface area contributed by atoms with E-state index in [4.69, 9.17) is 4.74 Å². The van der Waals surface area contributed by atoms with Gasteiger partial charge in [-0.15, -0.1) is 0 Å². The molecule has 0 saturated carbocycles. The van der Waals surface area contributed by atoms with Crippen molar-refractivity contribution in [2.45, 2.75) is 13.0 Å². The SMILES string of the molecule is CC(OC(=O)c1cccc2nccnc12)C(=O)Nc1ccc(Br)cc1. The highest BCUT2D eigenvalue weighted by Crippen LogP contribution is 2.17. The molecule has 0 saturated heterocycles. The van der Waals surface area contributed by atoms with Crippen LogP contribution in [0.1, 0.15) is 17.3 Å². The van der Waals surface area contributed by atoms with Crippen LogP contribution < -0.4 is 5.32 Å². The van der Waals surface area contributed by atoms with E-state index in [1.165, 1.54) is 13.1 Å². The Labute approximate surface area is 152 Å². The summed E-state index contributed by atoms with van der Waals surface area (Å²) >= 11 is 3.33. The number of nitrogens with zero attached hydrogens (tertiary/aromatic N) is 2. The highest BCUT2D eigenvalue weighted by molar-refractivity contribution is 9.10. The van der Waals surface area contributed by atoms with E-state index in [0.29, 0.717) is 16.7 Å². The van der Waals surface area contributed by atoms with Crippen LogP contribution in [0.5, 0.6) is 0 Å². The van der Waals surface area contributed by atoms with Crippen LogP contribution >= 0.6 is 15.9 Å². The van der Waals surface area contributed by atoms with E-state index in [0.717, 1.165) is 4.47 Å². The summed E-state index contributed by atoms with van der Waals surface area (Å²) in [7, 11) is 0. The standard InChI is InChI=1S/C18H14BrN3O3/c1-11(17(23)22-13-7-5-12(19)6-8-13)25-18(24)14-3-2-4-15-16(14)21-10-9-20-15/h2-11H,1H3,(H,22,23). The van der Waals surface area contributed by atoms with Crippen LogP contribution in [0.15, 0.2) is 59.3 Å². The first-order valence-electron chi connectivity index (χ1n) is 7.52. The lowest BCUT2D eigenvalue weighted by Gasteiger charge is -2.14. The van der Waals surface area contributed by atoms with Crippen molar-refractivity contribution in [2.24, 2.45) is 0 Å². The van der Waals surface area contributed by atoms with Crippen LogP contribution in [0.3, 0.4) is 0 Å². The number of esters is 1.